The van der Waals surface area contributed by atoms with Crippen molar-refractivity contribution in [3.8, 4) is 6.07 Å². The van der Waals surface area contributed by atoms with E-state index >= 15 is 0 Å². The van der Waals surface area contributed by atoms with Gasteiger partial charge in [-0.25, -0.2) is 0 Å². The molecule has 21 heavy (non-hydrogen) atoms. The van der Waals surface area contributed by atoms with E-state index in [4.69, 9.17) is 10.00 Å². The Morgan fingerprint density at radius 2 is 2.19 bits per heavy atom. The fourth-order valence-electron chi connectivity index (χ4n) is 4.69. The molecule has 0 aromatic rings. The van der Waals surface area contributed by atoms with Crippen LogP contribution in [0.2, 0.25) is 0 Å². The number of aliphatic hydroxyl groups is 1. The summed E-state index contributed by atoms with van der Waals surface area (Å²) in [6.07, 6.45) is 10.4. The number of allylic oxidation sites excluding steroid dienone is 2. The third-order valence-corrected chi connectivity index (χ3v) is 6.06. The lowest BCUT2D eigenvalue weighted by molar-refractivity contribution is -0.0574. The fraction of sp³-hybridized carbons (Fsp3) is 0.833. The number of fused-ring (bicyclic) bond motifs is 2. The number of hydrogen-bond acceptors (Lipinski definition) is 3. The molecular formula is C18H27NO2. The van der Waals surface area contributed by atoms with Gasteiger partial charge in [-0.2, -0.15) is 5.26 Å². The maximum atomic E-state index is 10.5. The summed E-state index contributed by atoms with van der Waals surface area (Å²) in [5, 5.41) is 19.1. The van der Waals surface area contributed by atoms with Crippen molar-refractivity contribution in [2.45, 2.75) is 83.3 Å². The molecule has 116 valence electrons. The van der Waals surface area contributed by atoms with Crippen LogP contribution in [-0.4, -0.2) is 17.3 Å². The minimum absolute atomic E-state index is 0.0775. The smallest absolute Gasteiger partial charge is 0.0985 e. The number of nitriles is 1. The van der Waals surface area contributed by atoms with E-state index in [0.29, 0.717) is 18.4 Å². The molecule has 1 heterocycles. The standard InChI is InChI=1S/C18H27NO2/c1-18-11-10-16-14(15(18)6-4-7-17(18)20)9-8-13(21-16)5-2-3-12-19/h13,15,17,20H,2-11H2,1H3. The summed E-state index contributed by atoms with van der Waals surface area (Å²) in [5.41, 5.74) is 1.59. The molecule has 3 rings (SSSR count). The third kappa shape index (κ3) is 2.71. The molecule has 1 fully saturated rings. The van der Waals surface area contributed by atoms with Gasteiger partial charge in [-0.05, 0) is 56.4 Å². The quantitative estimate of drug-likeness (QED) is 0.797. The normalized spacial score (nSPS) is 39.0. The lowest BCUT2D eigenvalue weighted by atomic mass is 9.57. The molecule has 2 aliphatic carbocycles. The van der Waals surface area contributed by atoms with Crippen LogP contribution in [0.25, 0.3) is 0 Å². The Labute approximate surface area is 128 Å². The summed E-state index contributed by atoms with van der Waals surface area (Å²) in [5.74, 6) is 1.77. The highest BCUT2D eigenvalue weighted by atomic mass is 16.5. The van der Waals surface area contributed by atoms with Gasteiger partial charge < -0.3 is 9.84 Å². The average molecular weight is 289 g/mol. The van der Waals surface area contributed by atoms with Gasteiger partial charge >= 0.3 is 0 Å². The molecule has 0 amide bonds. The van der Waals surface area contributed by atoms with E-state index in [-0.39, 0.29) is 11.5 Å². The summed E-state index contributed by atoms with van der Waals surface area (Å²) in [4.78, 5) is 0. The van der Waals surface area contributed by atoms with Crippen molar-refractivity contribution >= 4 is 0 Å². The van der Waals surface area contributed by atoms with Crippen LogP contribution in [0.3, 0.4) is 0 Å². The maximum absolute atomic E-state index is 10.5. The molecule has 0 bridgehead atoms. The summed E-state index contributed by atoms with van der Waals surface area (Å²) >= 11 is 0. The first-order valence-electron chi connectivity index (χ1n) is 8.58. The average Bonchev–Trinajstić information content (AvgIpc) is 2.49. The Hall–Kier alpha value is -1.01. The number of nitrogens with zero attached hydrogens (tertiary/aromatic N) is 1. The second-order valence-electron chi connectivity index (χ2n) is 7.28. The van der Waals surface area contributed by atoms with E-state index in [9.17, 15) is 5.11 Å². The number of ether oxygens (including phenoxy) is 1. The summed E-state index contributed by atoms with van der Waals surface area (Å²) in [6.45, 7) is 2.28. The van der Waals surface area contributed by atoms with Gasteiger partial charge in [0.2, 0.25) is 0 Å². The molecule has 0 spiro atoms. The largest absolute Gasteiger partial charge is 0.495 e. The van der Waals surface area contributed by atoms with Crippen LogP contribution in [0.4, 0.5) is 0 Å². The Morgan fingerprint density at radius 3 is 3.00 bits per heavy atom. The molecule has 4 atom stereocenters. The summed E-state index contributed by atoms with van der Waals surface area (Å²) in [6, 6.07) is 2.22. The second-order valence-corrected chi connectivity index (χ2v) is 7.28. The molecule has 3 aliphatic rings. The fourth-order valence-corrected chi connectivity index (χ4v) is 4.69. The molecule has 3 nitrogen and oxygen atoms in total. The monoisotopic (exact) mass is 289 g/mol. The molecule has 0 radical (unpaired) electrons. The van der Waals surface area contributed by atoms with Crippen LogP contribution in [-0.2, 0) is 4.74 Å². The number of hydrogen-bond donors (Lipinski definition) is 1. The minimum Gasteiger partial charge on any atom is -0.495 e. The van der Waals surface area contributed by atoms with Gasteiger partial charge in [0.25, 0.3) is 0 Å². The number of unbranched alkanes of at least 4 members (excludes halogenated alkanes) is 1. The molecule has 4 unspecified atom stereocenters. The predicted octanol–water partition coefficient (Wildman–Crippen LogP) is 4.07. The summed E-state index contributed by atoms with van der Waals surface area (Å²) in [7, 11) is 0. The van der Waals surface area contributed by atoms with Crippen LogP contribution in [0, 0.1) is 22.7 Å². The van der Waals surface area contributed by atoms with Gasteiger partial charge in [-0.3, -0.25) is 0 Å². The van der Waals surface area contributed by atoms with E-state index in [1.54, 1.807) is 0 Å². The van der Waals surface area contributed by atoms with Crippen LogP contribution in [0.5, 0.6) is 0 Å². The Kier molecular flexibility index (Phi) is 4.26. The zero-order chi connectivity index (χ0) is 14.9. The number of rotatable bonds is 3. The van der Waals surface area contributed by atoms with Gasteiger partial charge in [0.15, 0.2) is 0 Å². The highest BCUT2D eigenvalue weighted by molar-refractivity contribution is 5.24. The van der Waals surface area contributed by atoms with E-state index < -0.39 is 0 Å². The van der Waals surface area contributed by atoms with E-state index in [1.807, 2.05) is 0 Å². The molecule has 0 saturated heterocycles. The predicted molar refractivity (Wildman–Crippen MR) is 81.3 cm³/mol. The maximum Gasteiger partial charge on any atom is 0.0985 e. The third-order valence-electron chi connectivity index (χ3n) is 6.06. The van der Waals surface area contributed by atoms with Gasteiger partial charge in [0.1, 0.15) is 0 Å². The van der Waals surface area contributed by atoms with Gasteiger partial charge in [-0.1, -0.05) is 13.3 Å². The zero-order valence-electron chi connectivity index (χ0n) is 13.1. The lowest BCUT2D eigenvalue weighted by Crippen LogP contribution is -2.46. The minimum atomic E-state index is -0.140. The topological polar surface area (TPSA) is 53.2 Å². The van der Waals surface area contributed by atoms with Crippen molar-refractivity contribution in [3.05, 3.63) is 11.3 Å². The van der Waals surface area contributed by atoms with Crippen molar-refractivity contribution in [1.29, 1.82) is 5.26 Å². The molecule has 1 N–H and O–H groups in total. The first-order chi connectivity index (χ1) is 10.1. The first-order valence-corrected chi connectivity index (χ1v) is 8.58. The molecule has 3 heteroatoms. The number of aliphatic hydroxyl groups excluding tert-OH is 1. The van der Waals surface area contributed by atoms with Crippen molar-refractivity contribution in [2.24, 2.45) is 11.3 Å². The Balaban J connectivity index is 1.71. The lowest BCUT2D eigenvalue weighted by Gasteiger charge is -2.51. The first kappa shape index (κ1) is 14.9. The van der Waals surface area contributed by atoms with E-state index in [2.05, 4.69) is 13.0 Å². The van der Waals surface area contributed by atoms with Crippen molar-refractivity contribution in [3.63, 3.8) is 0 Å². The Morgan fingerprint density at radius 1 is 1.33 bits per heavy atom. The van der Waals surface area contributed by atoms with Crippen molar-refractivity contribution in [2.75, 3.05) is 0 Å². The van der Waals surface area contributed by atoms with E-state index in [1.165, 1.54) is 17.8 Å². The highest BCUT2D eigenvalue weighted by Gasteiger charge is 2.48. The van der Waals surface area contributed by atoms with Crippen LogP contribution in [0.1, 0.15) is 71.1 Å². The van der Waals surface area contributed by atoms with Gasteiger partial charge in [0, 0.05) is 18.3 Å². The molecule has 1 aliphatic heterocycles. The van der Waals surface area contributed by atoms with Crippen LogP contribution < -0.4 is 0 Å². The van der Waals surface area contributed by atoms with Crippen LogP contribution in [0.15, 0.2) is 11.3 Å². The van der Waals surface area contributed by atoms with Crippen LogP contribution >= 0.6 is 0 Å². The molecule has 1 saturated carbocycles. The van der Waals surface area contributed by atoms with Gasteiger partial charge in [0.05, 0.1) is 24.0 Å². The SMILES string of the molecule is CC12CCC3=C(CCC(CCCC#N)O3)C1CCCC2O. The van der Waals surface area contributed by atoms with Gasteiger partial charge in [-0.15, -0.1) is 0 Å². The zero-order valence-corrected chi connectivity index (χ0v) is 13.1. The van der Waals surface area contributed by atoms with E-state index in [0.717, 1.165) is 51.4 Å². The second kappa shape index (κ2) is 6.01. The van der Waals surface area contributed by atoms with Crippen molar-refractivity contribution < 1.29 is 9.84 Å². The Bertz CT molecular complexity index is 464. The summed E-state index contributed by atoms with van der Waals surface area (Å²) < 4.78 is 6.25. The highest BCUT2D eigenvalue weighted by Crippen LogP contribution is 2.54. The van der Waals surface area contributed by atoms with Crippen molar-refractivity contribution in [1.82, 2.24) is 0 Å². The molecule has 0 aromatic carbocycles. The molecular weight excluding hydrogens is 262 g/mol. The molecule has 0 aromatic heterocycles.